The van der Waals surface area contributed by atoms with Crippen LogP contribution in [0.2, 0.25) is 5.02 Å². The predicted molar refractivity (Wildman–Crippen MR) is 88.2 cm³/mol. The molecule has 3 aromatic rings. The van der Waals surface area contributed by atoms with Crippen molar-refractivity contribution in [2.75, 3.05) is 10.6 Å². The molecule has 0 saturated carbocycles. The predicted octanol–water partition coefficient (Wildman–Crippen LogP) is 4.03. The van der Waals surface area contributed by atoms with Gasteiger partial charge < -0.3 is 15.2 Å². The molecule has 2 N–H and O–H groups in total. The van der Waals surface area contributed by atoms with Gasteiger partial charge in [0.15, 0.2) is 5.82 Å². The number of rotatable bonds is 4. The molecular weight excluding hydrogens is 316 g/mol. The lowest BCUT2D eigenvalue weighted by Crippen LogP contribution is -2.12. The van der Waals surface area contributed by atoms with Crippen LogP contribution in [0.1, 0.15) is 16.1 Å². The van der Waals surface area contributed by atoms with E-state index in [1.807, 2.05) is 12.1 Å². The maximum absolute atomic E-state index is 12.2. The van der Waals surface area contributed by atoms with Crippen molar-refractivity contribution >= 4 is 34.7 Å². The van der Waals surface area contributed by atoms with Crippen molar-refractivity contribution in [3.63, 3.8) is 0 Å². The third-order valence-corrected chi connectivity index (χ3v) is 3.22. The number of carbonyl (C=O) groups excluding carboxylic acids is 1. The fourth-order valence-corrected chi connectivity index (χ4v) is 2.17. The zero-order chi connectivity index (χ0) is 16.2. The molecule has 2 heterocycles. The number of halogens is 1. The minimum absolute atomic E-state index is 0.319. The first kappa shape index (κ1) is 15.1. The number of hydrogen-bond acceptors (Lipinski definition) is 5. The second kappa shape index (κ2) is 6.50. The van der Waals surface area contributed by atoms with Crippen LogP contribution in [0.15, 0.2) is 53.3 Å². The molecule has 6 nitrogen and oxygen atoms in total. The highest BCUT2D eigenvalue weighted by Crippen LogP contribution is 2.20. The number of hydrogen-bond donors (Lipinski definition) is 2. The van der Waals surface area contributed by atoms with Gasteiger partial charge in [0.1, 0.15) is 5.76 Å². The first-order valence-corrected chi connectivity index (χ1v) is 7.20. The molecule has 0 fully saturated rings. The van der Waals surface area contributed by atoms with Crippen LogP contribution >= 0.6 is 11.6 Å². The number of nitrogens with zero attached hydrogens (tertiary/aromatic N) is 2. The lowest BCUT2D eigenvalue weighted by molar-refractivity contribution is 0.102. The highest BCUT2D eigenvalue weighted by molar-refractivity contribution is 6.30. The Bertz CT molecular complexity index is 847. The Hall–Kier alpha value is -2.86. The van der Waals surface area contributed by atoms with Gasteiger partial charge in [-0.3, -0.25) is 9.78 Å². The summed E-state index contributed by atoms with van der Waals surface area (Å²) in [6.45, 7) is 1.75. The van der Waals surface area contributed by atoms with Gasteiger partial charge in [-0.15, -0.1) is 0 Å². The Morgan fingerprint density at radius 3 is 2.78 bits per heavy atom. The van der Waals surface area contributed by atoms with Gasteiger partial charge in [0.05, 0.1) is 17.4 Å². The number of pyridine rings is 1. The first-order chi connectivity index (χ1) is 11.1. The average molecular weight is 329 g/mol. The maximum Gasteiger partial charge on any atom is 0.258 e. The number of anilines is 3. The molecule has 1 aromatic carbocycles. The van der Waals surface area contributed by atoms with E-state index in [1.54, 1.807) is 37.4 Å². The fraction of sp³-hybridized carbons (Fsp3) is 0.0625. The van der Waals surface area contributed by atoms with Crippen molar-refractivity contribution in [3.05, 3.63) is 65.1 Å². The number of nitrogens with one attached hydrogen (secondary N) is 2. The number of aryl methyl sites for hydroxylation is 1. The standard InChI is InChI=1S/C16H13ClN4O2/c1-10-5-15(21-23-10)20-16(22)11-6-14(9-18-8-11)19-13-4-2-3-12(17)7-13/h2-9,19H,1H3,(H,20,21,22). The van der Waals surface area contributed by atoms with Gasteiger partial charge in [0.2, 0.25) is 0 Å². The summed E-state index contributed by atoms with van der Waals surface area (Å²) in [6.07, 6.45) is 3.10. The molecule has 23 heavy (non-hydrogen) atoms. The first-order valence-electron chi connectivity index (χ1n) is 6.82. The van der Waals surface area contributed by atoms with E-state index in [1.165, 1.54) is 6.20 Å². The molecule has 116 valence electrons. The van der Waals surface area contributed by atoms with Crippen molar-refractivity contribution in [1.82, 2.24) is 10.1 Å². The number of benzene rings is 1. The molecule has 0 aliphatic carbocycles. The van der Waals surface area contributed by atoms with Crippen LogP contribution in [-0.2, 0) is 0 Å². The summed E-state index contributed by atoms with van der Waals surface area (Å²) >= 11 is 5.95. The Labute approximate surface area is 137 Å². The van der Waals surface area contributed by atoms with E-state index in [0.717, 1.165) is 5.69 Å². The van der Waals surface area contributed by atoms with Crippen molar-refractivity contribution < 1.29 is 9.32 Å². The largest absolute Gasteiger partial charge is 0.360 e. The van der Waals surface area contributed by atoms with E-state index >= 15 is 0 Å². The Morgan fingerprint density at radius 2 is 2.04 bits per heavy atom. The monoisotopic (exact) mass is 328 g/mol. The molecule has 0 radical (unpaired) electrons. The normalized spacial score (nSPS) is 10.3. The van der Waals surface area contributed by atoms with Crippen LogP contribution in [0.4, 0.5) is 17.2 Å². The van der Waals surface area contributed by atoms with E-state index in [4.69, 9.17) is 16.1 Å². The number of carbonyl (C=O) groups is 1. The minimum Gasteiger partial charge on any atom is -0.360 e. The molecular formula is C16H13ClN4O2. The Balaban J connectivity index is 1.75. The molecule has 1 amide bonds. The van der Waals surface area contributed by atoms with Crippen LogP contribution < -0.4 is 10.6 Å². The van der Waals surface area contributed by atoms with Crippen LogP contribution in [0, 0.1) is 6.92 Å². The van der Waals surface area contributed by atoms with Crippen LogP contribution in [-0.4, -0.2) is 16.0 Å². The van der Waals surface area contributed by atoms with Crippen molar-refractivity contribution in [1.29, 1.82) is 0 Å². The van der Waals surface area contributed by atoms with E-state index in [2.05, 4.69) is 20.8 Å². The summed E-state index contributed by atoms with van der Waals surface area (Å²) in [5.41, 5.74) is 1.89. The zero-order valence-electron chi connectivity index (χ0n) is 12.2. The lowest BCUT2D eigenvalue weighted by Gasteiger charge is -2.08. The summed E-state index contributed by atoms with van der Waals surface area (Å²) in [4.78, 5) is 16.3. The topological polar surface area (TPSA) is 80.0 Å². The van der Waals surface area contributed by atoms with Gasteiger partial charge in [0, 0.05) is 23.0 Å². The Kier molecular flexibility index (Phi) is 4.25. The van der Waals surface area contributed by atoms with Crippen LogP contribution in [0.5, 0.6) is 0 Å². The third-order valence-electron chi connectivity index (χ3n) is 2.98. The van der Waals surface area contributed by atoms with Crippen molar-refractivity contribution in [3.8, 4) is 0 Å². The van der Waals surface area contributed by atoms with Gasteiger partial charge in [-0.05, 0) is 31.2 Å². The van der Waals surface area contributed by atoms with E-state index < -0.39 is 0 Å². The van der Waals surface area contributed by atoms with Crippen molar-refractivity contribution in [2.24, 2.45) is 0 Å². The molecule has 0 atom stereocenters. The summed E-state index contributed by atoms with van der Waals surface area (Å²) in [6, 6.07) is 10.6. The molecule has 0 bridgehead atoms. The average Bonchev–Trinajstić information content (AvgIpc) is 2.92. The fourth-order valence-electron chi connectivity index (χ4n) is 1.98. The highest BCUT2D eigenvalue weighted by Gasteiger charge is 2.10. The molecule has 0 aliphatic rings. The molecule has 0 unspecified atom stereocenters. The van der Waals surface area contributed by atoms with Gasteiger partial charge >= 0.3 is 0 Å². The van der Waals surface area contributed by atoms with Crippen LogP contribution in [0.3, 0.4) is 0 Å². The van der Waals surface area contributed by atoms with Crippen molar-refractivity contribution in [2.45, 2.75) is 6.92 Å². The maximum atomic E-state index is 12.2. The Morgan fingerprint density at radius 1 is 1.17 bits per heavy atom. The SMILES string of the molecule is Cc1cc(NC(=O)c2cncc(Nc3cccc(Cl)c3)c2)no1. The van der Waals surface area contributed by atoms with Gasteiger partial charge in [-0.1, -0.05) is 22.8 Å². The molecule has 0 aliphatic heterocycles. The molecule has 0 spiro atoms. The minimum atomic E-state index is -0.319. The molecule has 3 rings (SSSR count). The zero-order valence-corrected chi connectivity index (χ0v) is 13.0. The second-order valence-corrected chi connectivity index (χ2v) is 5.31. The van der Waals surface area contributed by atoms with Gasteiger partial charge in [0.25, 0.3) is 5.91 Å². The van der Waals surface area contributed by atoms with E-state index in [-0.39, 0.29) is 5.91 Å². The quantitative estimate of drug-likeness (QED) is 0.756. The summed E-state index contributed by atoms with van der Waals surface area (Å²) in [5.74, 6) is 0.663. The van der Waals surface area contributed by atoms with Crippen LogP contribution in [0.25, 0.3) is 0 Å². The third kappa shape index (κ3) is 3.87. The van der Waals surface area contributed by atoms with E-state index in [9.17, 15) is 4.79 Å². The van der Waals surface area contributed by atoms with Gasteiger partial charge in [-0.2, -0.15) is 0 Å². The lowest BCUT2D eigenvalue weighted by atomic mass is 10.2. The number of amides is 1. The molecule has 2 aromatic heterocycles. The summed E-state index contributed by atoms with van der Waals surface area (Å²) in [7, 11) is 0. The highest BCUT2D eigenvalue weighted by atomic mass is 35.5. The number of aromatic nitrogens is 2. The second-order valence-electron chi connectivity index (χ2n) is 4.87. The smallest absolute Gasteiger partial charge is 0.258 e. The summed E-state index contributed by atoms with van der Waals surface area (Å²) in [5, 5.41) is 10.1. The van der Waals surface area contributed by atoms with E-state index in [0.29, 0.717) is 27.9 Å². The molecule has 7 heteroatoms. The van der Waals surface area contributed by atoms with Gasteiger partial charge in [-0.25, -0.2) is 0 Å². The summed E-state index contributed by atoms with van der Waals surface area (Å²) < 4.78 is 4.91. The molecule has 0 saturated heterocycles.